The zero-order valence-corrected chi connectivity index (χ0v) is 17.9. The number of hydrogen-bond acceptors (Lipinski definition) is 7. The van der Waals surface area contributed by atoms with Crippen molar-refractivity contribution in [1.82, 2.24) is 13.5 Å². The Morgan fingerprint density at radius 3 is 2.25 bits per heavy atom. The van der Waals surface area contributed by atoms with E-state index in [4.69, 9.17) is 0 Å². The number of benzene rings is 1. The van der Waals surface area contributed by atoms with Crippen LogP contribution in [0.15, 0.2) is 23.1 Å². The Balaban J connectivity index is 1.99. The van der Waals surface area contributed by atoms with Crippen molar-refractivity contribution < 1.29 is 21.8 Å². The van der Waals surface area contributed by atoms with E-state index < -0.39 is 25.0 Å². The molecule has 0 amide bonds. The molecule has 0 aromatic heterocycles. The highest BCUT2D eigenvalue weighted by Crippen LogP contribution is 2.25. The molecule has 1 aromatic rings. The lowest BCUT2D eigenvalue weighted by molar-refractivity contribution is -0.385. The Labute approximate surface area is 166 Å². The minimum atomic E-state index is -3.83. The minimum Gasteiger partial charge on any atom is -0.301 e. The lowest BCUT2D eigenvalue weighted by atomic mass is 10.2. The third-order valence-electron chi connectivity index (χ3n) is 4.76. The van der Waals surface area contributed by atoms with Gasteiger partial charge >= 0.3 is 0 Å². The van der Waals surface area contributed by atoms with Crippen molar-refractivity contribution >= 4 is 25.7 Å². The Morgan fingerprint density at radius 2 is 1.71 bits per heavy atom. The predicted molar refractivity (Wildman–Crippen MR) is 105 cm³/mol. The molecule has 158 valence electrons. The molecule has 1 fully saturated rings. The number of rotatable bonds is 8. The van der Waals surface area contributed by atoms with Gasteiger partial charge in [-0.05, 0) is 25.5 Å². The molecule has 0 spiro atoms. The molecule has 2 rings (SSSR count). The average molecular weight is 435 g/mol. The van der Waals surface area contributed by atoms with E-state index in [0.29, 0.717) is 31.6 Å². The molecule has 0 saturated carbocycles. The summed E-state index contributed by atoms with van der Waals surface area (Å²) in [5.41, 5.74) is 0.201. The number of nitro benzene ring substituents is 1. The van der Waals surface area contributed by atoms with Gasteiger partial charge in [-0.2, -0.15) is 4.31 Å². The smallest absolute Gasteiger partial charge is 0.270 e. The molecule has 0 radical (unpaired) electrons. The van der Waals surface area contributed by atoms with Gasteiger partial charge < -0.3 is 4.90 Å². The largest absolute Gasteiger partial charge is 0.301 e. The molecular weight excluding hydrogens is 408 g/mol. The van der Waals surface area contributed by atoms with Crippen LogP contribution in [0.4, 0.5) is 5.69 Å². The molecule has 12 heteroatoms. The highest BCUT2D eigenvalue weighted by Gasteiger charge is 2.30. The summed E-state index contributed by atoms with van der Waals surface area (Å²) in [5.74, 6) is 0.0470. The van der Waals surface area contributed by atoms with Gasteiger partial charge in [-0.1, -0.05) is 6.07 Å². The van der Waals surface area contributed by atoms with Gasteiger partial charge in [-0.25, -0.2) is 21.1 Å². The Bertz CT molecular complexity index is 922. The van der Waals surface area contributed by atoms with E-state index in [1.165, 1.54) is 34.8 Å². The fourth-order valence-electron chi connectivity index (χ4n) is 2.97. The molecule has 1 aliphatic heterocycles. The maximum absolute atomic E-state index is 12.9. The van der Waals surface area contributed by atoms with E-state index in [1.807, 2.05) is 4.90 Å². The topological polar surface area (TPSA) is 121 Å². The first-order chi connectivity index (χ1) is 12.9. The van der Waals surface area contributed by atoms with Crippen LogP contribution in [0.1, 0.15) is 12.0 Å². The van der Waals surface area contributed by atoms with Crippen molar-refractivity contribution in [3.8, 4) is 0 Å². The van der Waals surface area contributed by atoms with Gasteiger partial charge in [0.2, 0.25) is 20.0 Å². The number of nitrogens with zero attached hydrogens (tertiary/aromatic N) is 4. The normalized spacial score (nSPS) is 17.1. The van der Waals surface area contributed by atoms with Gasteiger partial charge in [0.25, 0.3) is 5.69 Å². The summed E-state index contributed by atoms with van der Waals surface area (Å²) in [6.07, 6.45) is 0.469. The summed E-state index contributed by atoms with van der Waals surface area (Å²) in [5, 5.41) is 11.0. The average Bonchev–Trinajstić information content (AvgIpc) is 2.62. The molecular formula is C16H26N4O6S2. The number of hydrogen-bond donors (Lipinski definition) is 0. The van der Waals surface area contributed by atoms with E-state index in [9.17, 15) is 26.9 Å². The molecule has 0 atom stereocenters. The van der Waals surface area contributed by atoms with E-state index in [0.717, 1.165) is 6.07 Å². The fourth-order valence-corrected chi connectivity index (χ4v) is 5.49. The van der Waals surface area contributed by atoms with Crippen LogP contribution in [0.25, 0.3) is 0 Å². The number of aryl methyl sites for hydroxylation is 1. The maximum atomic E-state index is 12.9. The predicted octanol–water partition coefficient (Wildman–Crippen LogP) is 0.491. The second kappa shape index (κ2) is 8.82. The summed E-state index contributed by atoms with van der Waals surface area (Å²) in [4.78, 5) is 12.3. The van der Waals surface area contributed by atoms with E-state index in [1.54, 1.807) is 6.92 Å². The van der Waals surface area contributed by atoms with Crippen LogP contribution in [-0.2, 0) is 20.0 Å². The highest BCUT2D eigenvalue weighted by molar-refractivity contribution is 7.89. The summed E-state index contributed by atoms with van der Waals surface area (Å²) < 4.78 is 51.9. The van der Waals surface area contributed by atoms with Gasteiger partial charge in [-0.3, -0.25) is 10.1 Å². The van der Waals surface area contributed by atoms with Crippen LogP contribution >= 0.6 is 0 Å². The Kier molecular flexibility index (Phi) is 7.15. The summed E-state index contributed by atoms with van der Waals surface area (Å²) >= 11 is 0. The molecule has 0 unspecified atom stereocenters. The van der Waals surface area contributed by atoms with Crippen molar-refractivity contribution in [2.45, 2.75) is 18.2 Å². The van der Waals surface area contributed by atoms with Gasteiger partial charge in [0.15, 0.2) is 0 Å². The standard InChI is InChI=1S/C16H26N4O6S2/c1-14-5-6-15(20(21)22)13-16(14)28(25,26)19-10-8-18(9-11-19)7-4-12-27(23,24)17(2)3/h5-6,13H,4,7-12H2,1-3H3. The van der Waals surface area contributed by atoms with E-state index in [-0.39, 0.29) is 29.4 Å². The van der Waals surface area contributed by atoms with Crippen LogP contribution in [0, 0.1) is 17.0 Å². The van der Waals surface area contributed by atoms with Crippen LogP contribution in [0.2, 0.25) is 0 Å². The number of non-ortho nitro benzene ring substituents is 1. The van der Waals surface area contributed by atoms with Crippen molar-refractivity contribution in [2.24, 2.45) is 0 Å². The van der Waals surface area contributed by atoms with Crippen molar-refractivity contribution in [3.63, 3.8) is 0 Å². The molecule has 0 N–H and O–H groups in total. The lowest BCUT2D eigenvalue weighted by Gasteiger charge is -2.34. The molecule has 1 aromatic carbocycles. The second-order valence-electron chi connectivity index (χ2n) is 6.90. The van der Waals surface area contributed by atoms with Crippen molar-refractivity contribution in [1.29, 1.82) is 0 Å². The molecule has 1 saturated heterocycles. The summed E-state index contributed by atoms with van der Waals surface area (Å²) in [7, 11) is -4.08. The lowest BCUT2D eigenvalue weighted by Crippen LogP contribution is -2.49. The molecule has 1 aliphatic rings. The van der Waals surface area contributed by atoms with Crippen LogP contribution in [0.3, 0.4) is 0 Å². The minimum absolute atomic E-state index is 0.0470. The number of sulfonamides is 2. The van der Waals surface area contributed by atoms with Gasteiger partial charge in [-0.15, -0.1) is 0 Å². The van der Waals surface area contributed by atoms with Crippen molar-refractivity contribution in [3.05, 3.63) is 33.9 Å². The maximum Gasteiger partial charge on any atom is 0.270 e. The molecule has 28 heavy (non-hydrogen) atoms. The third-order valence-corrected chi connectivity index (χ3v) is 8.72. The highest BCUT2D eigenvalue weighted by atomic mass is 32.2. The first-order valence-electron chi connectivity index (χ1n) is 8.83. The quantitative estimate of drug-likeness (QED) is 0.431. The van der Waals surface area contributed by atoms with Crippen LogP contribution in [0.5, 0.6) is 0 Å². The summed E-state index contributed by atoms with van der Waals surface area (Å²) in [6.45, 7) is 3.65. The SMILES string of the molecule is Cc1ccc([N+](=O)[O-])cc1S(=O)(=O)N1CCN(CCCS(=O)(=O)N(C)C)CC1. The first kappa shape index (κ1) is 22.7. The van der Waals surface area contributed by atoms with E-state index >= 15 is 0 Å². The van der Waals surface area contributed by atoms with E-state index in [2.05, 4.69) is 0 Å². The first-order valence-corrected chi connectivity index (χ1v) is 11.9. The number of piperazine rings is 1. The van der Waals surface area contributed by atoms with Crippen LogP contribution in [-0.4, -0.2) is 87.8 Å². The molecule has 10 nitrogen and oxygen atoms in total. The van der Waals surface area contributed by atoms with Gasteiger partial charge in [0.1, 0.15) is 0 Å². The zero-order chi connectivity index (χ0) is 21.1. The third kappa shape index (κ3) is 5.26. The Hall–Kier alpha value is -1.60. The number of nitro groups is 1. The molecule has 0 bridgehead atoms. The monoisotopic (exact) mass is 434 g/mol. The van der Waals surface area contributed by atoms with Gasteiger partial charge in [0, 0.05) is 52.4 Å². The molecule has 0 aliphatic carbocycles. The summed E-state index contributed by atoms with van der Waals surface area (Å²) in [6, 6.07) is 3.82. The van der Waals surface area contributed by atoms with Crippen LogP contribution < -0.4 is 0 Å². The second-order valence-corrected chi connectivity index (χ2v) is 11.1. The van der Waals surface area contributed by atoms with Crippen molar-refractivity contribution in [2.75, 3.05) is 52.6 Å². The molecule has 1 heterocycles. The Morgan fingerprint density at radius 1 is 1.11 bits per heavy atom. The van der Waals surface area contributed by atoms with Gasteiger partial charge in [0.05, 0.1) is 15.6 Å². The zero-order valence-electron chi connectivity index (χ0n) is 16.2. The fraction of sp³-hybridized carbons (Fsp3) is 0.625.